The second kappa shape index (κ2) is 7.04. The van der Waals surface area contributed by atoms with E-state index >= 15 is 0 Å². The summed E-state index contributed by atoms with van der Waals surface area (Å²) in [6.45, 7) is 6.45. The van der Waals surface area contributed by atoms with Gasteiger partial charge in [0.1, 0.15) is 11.5 Å². The predicted octanol–water partition coefficient (Wildman–Crippen LogP) is 3.19. The van der Waals surface area contributed by atoms with Crippen molar-refractivity contribution in [2.45, 2.75) is 44.6 Å². The lowest BCUT2D eigenvalue weighted by molar-refractivity contribution is 0.0487. The number of hydrogen-bond acceptors (Lipinski definition) is 4. The predicted molar refractivity (Wildman–Crippen MR) is 106 cm³/mol. The quantitative estimate of drug-likeness (QED) is 0.821. The third-order valence-corrected chi connectivity index (χ3v) is 6.37. The van der Waals surface area contributed by atoms with Gasteiger partial charge in [-0.1, -0.05) is 30.3 Å². The van der Waals surface area contributed by atoms with Gasteiger partial charge in [0.15, 0.2) is 0 Å². The highest BCUT2D eigenvalue weighted by molar-refractivity contribution is 5.92. The van der Waals surface area contributed by atoms with Crippen LogP contribution in [0.15, 0.2) is 36.4 Å². The van der Waals surface area contributed by atoms with Crippen LogP contribution in [0.25, 0.3) is 0 Å². The van der Waals surface area contributed by atoms with Crippen LogP contribution in [0.2, 0.25) is 0 Å². The Kier molecular flexibility index (Phi) is 4.72. The Morgan fingerprint density at radius 2 is 1.81 bits per heavy atom. The van der Waals surface area contributed by atoms with Crippen molar-refractivity contribution in [3.8, 4) is 0 Å². The fraction of sp³-hybridized carbons (Fsp3) is 0.500. The first kappa shape index (κ1) is 18.1. The van der Waals surface area contributed by atoms with E-state index in [4.69, 9.17) is 0 Å². The molecule has 1 amide bonds. The molecule has 2 saturated heterocycles. The smallest absolute Gasteiger partial charge is 0.272 e. The fourth-order valence-corrected chi connectivity index (χ4v) is 4.85. The van der Waals surface area contributed by atoms with Crippen molar-refractivity contribution in [1.29, 1.82) is 0 Å². The van der Waals surface area contributed by atoms with E-state index in [2.05, 4.69) is 52.2 Å². The number of aryl methyl sites for hydroxylation is 2. The Balaban J connectivity index is 1.44. The molecule has 1 aromatic carbocycles. The number of piperidine rings is 1. The molecule has 27 heavy (non-hydrogen) atoms. The zero-order valence-electron chi connectivity index (χ0n) is 16.5. The molecule has 1 spiro atoms. The molecule has 2 aliphatic heterocycles. The monoisotopic (exact) mass is 364 g/mol. The molecule has 2 aromatic rings. The van der Waals surface area contributed by atoms with Gasteiger partial charge < -0.3 is 4.90 Å². The van der Waals surface area contributed by atoms with Gasteiger partial charge in [0, 0.05) is 30.9 Å². The molecule has 0 bridgehead atoms. The molecule has 5 nitrogen and oxygen atoms in total. The van der Waals surface area contributed by atoms with Crippen LogP contribution in [0, 0.1) is 13.8 Å². The summed E-state index contributed by atoms with van der Waals surface area (Å²) in [7, 11) is 2.25. The zero-order valence-corrected chi connectivity index (χ0v) is 16.5. The summed E-state index contributed by atoms with van der Waals surface area (Å²) in [5.41, 5.74) is 3.03. The summed E-state index contributed by atoms with van der Waals surface area (Å²) >= 11 is 0. The van der Waals surface area contributed by atoms with E-state index in [0.29, 0.717) is 17.4 Å². The standard InChI is InChI=1S/C22H28N4O/c1-16-13-20(24-17(2)23-16)21(27)26-11-9-22(10-12-26)14-19(15-25(22)3)18-7-5-4-6-8-18/h4-8,13,19H,9-12,14-15H2,1-3H3/t19-/m0/s1. The molecule has 142 valence electrons. The van der Waals surface area contributed by atoms with E-state index in [9.17, 15) is 4.79 Å². The Labute approximate surface area is 161 Å². The van der Waals surface area contributed by atoms with Crippen LogP contribution in [-0.2, 0) is 0 Å². The van der Waals surface area contributed by atoms with Crippen LogP contribution < -0.4 is 0 Å². The number of likely N-dealkylation sites (tertiary alicyclic amines) is 2. The third kappa shape index (κ3) is 3.48. The van der Waals surface area contributed by atoms with E-state index in [0.717, 1.165) is 38.2 Å². The fourth-order valence-electron chi connectivity index (χ4n) is 4.85. The normalized spacial score (nSPS) is 22.3. The topological polar surface area (TPSA) is 49.3 Å². The number of carbonyl (C=O) groups excluding carboxylic acids is 1. The molecule has 2 fully saturated rings. The van der Waals surface area contributed by atoms with Crippen LogP contribution in [-0.4, -0.2) is 57.9 Å². The minimum atomic E-state index is 0.0405. The molecular formula is C22H28N4O. The molecule has 3 heterocycles. The number of aromatic nitrogens is 2. The maximum atomic E-state index is 12.9. The van der Waals surface area contributed by atoms with Crippen molar-refractivity contribution in [3.05, 3.63) is 59.2 Å². The highest BCUT2D eigenvalue weighted by atomic mass is 16.2. The first-order valence-corrected chi connectivity index (χ1v) is 9.85. The van der Waals surface area contributed by atoms with Crippen LogP contribution >= 0.6 is 0 Å². The van der Waals surface area contributed by atoms with Crippen LogP contribution in [0.5, 0.6) is 0 Å². The van der Waals surface area contributed by atoms with Crippen LogP contribution in [0.1, 0.15) is 52.8 Å². The molecule has 0 aliphatic carbocycles. The number of hydrogen-bond donors (Lipinski definition) is 0. The summed E-state index contributed by atoms with van der Waals surface area (Å²) < 4.78 is 0. The first-order chi connectivity index (χ1) is 13.0. The van der Waals surface area contributed by atoms with Crippen molar-refractivity contribution in [2.24, 2.45) is 0 Å². The van der Waals surface area contributed by atoms with Gasteiger partial charge in [-0.25, -0.2) is 9.97 Å². The number of rotatable bonds is 2. The van der Waals surface area contributed by atoms with E-state index in [-0.39, 0.29) is 11.4 Å². The average molecular weight is 364 g/mol. The van der Waals surface area contributed by atoms with Crippen molar-refractivity contribution in [3.63, 3.8) is 0 Å². The summed E-state index contributed by atoms with van der Waals surface area (Å²) in [6.07, 6.45) is 3.24. The van der Waals surface area contributed by atoms with E-state index in [1.54, 1.807) is 6.07 Å². The molecule has 0 radical (unpaired) electrons. The SMILES string of the molecule is Cc1cc(C(=O)N2CCC3(CC2)C[C@H](c2ccccc2)CN3C)nc(C)n1. The van der Waals surface area contributed by atoms with Crippen LogP contribution in [0.3, 0.4) is 0 Å². The average Bonchev–Trinajstić information content (AvgIpc) is 2.98. The molecule has 1 atom stereocenters. The second-order valence-electron chi connectivity index (χ2n) is 8.15. The number of likely N-dealkylation sites (N-methyl/N-ethyl adjacent to an activating group) is 1. The Bertz CT molecular complexity index is 807. The summed E-state index contributed by atoms with van der Waals surface area (Å²) in [5.74, 6) is 1.29. The largest absolute Gasteiger partial charge is 0.337 e. The number of amides is 1. The lowest BCUT2D eigenvalue weighted by atomic mass is 9.81. The molecular weight excluding hydrogens is 336 g/mol. The number of benzene rings is 1. The Hall–Kier alpha value is -2.27. The summed E-state index contributed by atoms with van der Waals surface area (Å²) in [6, 6.07) is 12.6. The van der Waals surface area contributed by atoms with Gasteiger partial charge >= 0.3 is 0 Å². The molecule has 0 N–H and O–H groups in total. The highest BCUT2D eigenvalue weighted by Gasteiger charge is 2.46. The summed E-state index contributed by atoms with van der Waals surface area (Å²) in [5, 5.41) is 0. The maximum absolute atomic E-state index is 12.9. The lowest BCUT2D eigenvalue weighted by Gasteiger charge is -2.43. The number of nitrogens with zero attached hydrogens (tertiary/aromatic N) is 4. The van der Waals surface area contributed by atoms with E-state index in [1.165, 1.54) is 12.0 Å². The van der Waals surface area contributed by atoms with Gasteiger partial charge in [-0.15, -0.1) is 0 Å². The van der Waals surface area contributed by atoms with Gasteiger partial charge in [-0.2, -0.15) is 0 Å². The van der Waals surface area contributed by atoms with Crippen molar-refractivity contribution in [2.75, 3.05) is 26.7 Å². The minimum Gasteiger partial charge on any atom is -0.337 e. The van der Waals surface area contributed by atoms with Crippen LogP contribution in [0.4, 0.5) is 0 Å². The van der Waals surface area contributed by atoms with Gasteiger partial charge in [0.25, 0.3) is 5.91 Å². The van der Waals surface area contributed by atoms with Crippen molar-refractivity contribution < 1.29 is 4.79 Å². The number of carbonyl (C=O) groups is 1. The first-order valence-electron chi connectivity index (χ1n) is 9.85. The summed E-state index contributed by atoms with van der Waals surface area (Å²) in [4.78, 5) is 26.0. The van der Waals surface area contributed by atoms with Gasteiger partial charge in [-0.05, 0) is 57.7 Å². The van der Waals surface area contributed by atoms with E-state index in [1.807, 2.05) is 18.7 Å². The van der Waals surface area contributed by atoms with E-state index < -0.39 is 0 Å². The maximum Gasteiger partial charge on any atom is 0.272 e. The highest BCUT2D eigenvalue weighted by Crippen LogP contribution is 2.44. The molecule has 0 saturated carbocycles. The Morgan fingerprint density at radius 1 is 1.11 bits per heavy atom. The van der Waals surface area contributed by atoms with Crippen molar-refractivity contribution >= 4 is 5.91 Å². The van der Waals surface area contributed by atoms with Gasteiger partial charge in [-0.3, -0.25) is 9.69 Å². The van der Waals surface area contributed by atoms with Gasteiger partial charge in [0.2, 0.25) is 0 Å². The van der Waals surface area contributed by atoms with Crippen molar-refractivity contribution in [1.82, 2.24) is 19.8 Å². The molecule has 2 aliphatic rings. The molecule has 5 heteroatoms. The molecule has 4 rings (SSSR count). The molecule has 0 unspecified atom stereocenters. The zero-order chi connectivity index (χ0) is 19.0. The Morgan fingerprint density at radius 3 is 2.48 bits per heavy atom. The minimum absolute atomic E-state index is 0.0405. The lowest BCUT2D eigenvalue weighted by Crippen LogP contribution is -2.52. The second-order valence-corrected chi connectivity index (χ2v) is 8.15. The third-order valence-electron chi connectivity index (χ3n) is 6.37. The molecule has 1 aromatic heterocycles. The van der Waals surface area contributed by atoms with Gasteiger partial charge in [0.05, 0.1) is 0 Å².